The molecule has 122 valence electrons. The summed E-state index contributed by atoms with van der Waals surface area (Å²) in [6.45, 7) is 13.1. The molecule has 2 nitrogen and oxygen atoms in total. The van der Waals surface area contributed by atoms with Crippen LogP contribution >= 0.6 is 0 Å². The molecule has 0 aliphatic carbocycles. The lowest BCUT2D eigenvalue weighted by atomic mass is 10.1. The molecule has 0 saturated carbocycles. The third kappa shape index (κ3) is 8.49. The molecule has 1 aliphatic heterocycles. The van der Waals surface area contributed by atoms with Crippen LogP contribution < -0.4 is 12.4 Å². The number of halogens is 1. The van der Waals surface area contributed by atoms with E-state index in [1.165, 1.54) is 82.0 Å². The van der Waals surface area contributed by atoms with E-state index in [0.717, 1.165) is 6.61 Å². The van der Waals surface area contributed by atoms with Crippen LogP contribution in [0.25, 0.3) is 0 Å². The Morgan fingerprint density at radius 2 is 1.35 bits per heavy atom. The van der Waals surface area contributed by atoms with E-state index in [9.17, 15) is 0 Å². The third-order valence-corrected chi connectivity index (χ3v) is 4.82. The first-order chi connectivity index (χ1) is 9.26. The van der Waals surface area contributed by atoms with Crippen molar-refractivity contribution < 1.29 is 21.6 Å². The van der Waals surface area contributed by atoms with Crippen LogP contribution in [0.4, 0.5) is 0 Å². The summed E-state index contributed by atoms with van der Waals surface area (Å²) < 4.78 is 6.71. The van der Waals surface area contributed by atoms with E-state index < -0.39 is 0 Å². The summed E-state index contributed by atoms with van der Waals surface area (Å²) in [6, 6.07) is 0. The van der Waals surface area contributed by atoms with Gasteiger partial charge in [0.05, 0.1) is 26.2 Å². The Bertz CT molecular complexity index is 215. The van der Waals surface area contributed by atoms with E-state index in [1.807, 2.05) is 0 Å². The first-order valence-corrected chi connectivity index (χ1v) is 8.73. The highest BCUT2D eigenvalue weighted by Crippen LogP contribution is 2.19. The molecule has 1 aliphatic rings. The quantitative estimate of drug-likeness (QED) is 0.285. The van der Waals surface area contributed by atoms with Gasteiger partial charge < -0.3 is 21.6 Å². The predicted molar refractivity (Wildman–Crippen MR) is 83.4 cm³/mol. The van der Waals surface area contributed by atoms with Gasteiger partial charge in [0.2, 0.25) is 0 Å². The minimum absolute atomic E-state index is 0. The van der Waals surface area contributed by atoms with Crippen LogP contribution in [-0.2, 0) is 4.74 Å². The molecule has 0 N–H and O–H groups in total. The molecule has 1 unspecified atom stereocenters. The van der Waals surface area contributed by atoms with Crippen LogP contribution in [0.1, 0.15) is 72.1 Å². The molecular weight excluding hydrogens is 270 g/mol. The molecule has 0 aromatic carbocycles. The van der Waals surface area contributed by atoms with Crippen molar-refractivity contribution in [2.75, 3.05) is 32.8 Å². The lowest BCUT2D eigenvalue weighted by Crippen LogP contribution is -3.00. The molecule has 1 atom stereocenters. The van der Waals surface area contributed by atoms with Crippen LogP contribution in [-0.4, -0.2) is 43.4 Å². The van der Waals surface area contributed by atoms with E-state index in [1.54, 1.807) is 0 Å². The molecule has 1 saturated heterocycles. The zero-order valence-electron chi connectivity index (χ0n) is 14.0. The number of likely N-dealkylation sites (N-methyl/N-ethyl adjacent to an activating group) is 1. The maximum atomic E-state index is 5.43. The Kier molecular flexibility index (Phi) is 11.9. The number of hydrogen-bond donors (Lipinski definition) is 0. The largest absolute Gasteiger partial charge is 1.00 e. The van der Waals surface area contributed by atoms with E-state index >= 15 is 0 Å². The Hall–Kier alpha value is 0.210. The van der Waals surface area contributed by atoms with E-state index in [2.05, 4.69) is 20.8 Å². The van der Waals surface area contributed by atoms with Crippen molar-refractivity contribution >= 4 is 0 Å². The molecule has 1 rings (SSSR count). The standard InChI is InChI=1S/C17H36NO.ClH/c1-4-7-8-9-10-11-12-13-14-18(5-2,6-3)15-17-16-19-17;/h17H,4-16H2,1-3H3;1H/q+1;/p-1. The second-order valence-corrected chi connectivity index (χ2v) is 6.31. The molecule has 0 amide bonds. The molecule has 1 heterocycles. The molecular formula is C17H36ClNO. The maximum Gasteiger partial charge on any atom is 0.130 e. The van der Waals surface area contributed by atoms with Gasteiger partial charge in [0.1, 0.15) is 12.6 Å². The Balaban J connectivity index is 0.00000361. The van der Waals surface area contributed by atoms with Crippen molar-refractivity contribution in [1.82, 2.24) is 0 Å². The number of unbranched alkanes of at least 4 members (excludes halogenated alkanes) is 7. The zero-order valence-corrected chi connectivity index (χ0v) is 14.8. The normalized spacial score (nSPS) is 17.9. The van der Waals surface area contributed by atoms with Gasteiger partial charge in [0.15, 0.2) is 0 Å². The summed E-state index contributed by atoms with van der Waals surface area (Å²) >= 11 is 0. The summed E-state index contributed by atoms with van der Waals surface area (Å²) in [7, 11) is 0. The fraction of sp³-hybridized carbons (Fsp3) is 1.00. The zero-order chi connectivity index (χ0) is 14.0. The average Bonchev–Trinajstić information content (AvgIpc) is 3.24. The van der Waals surface area contributed by atoms with Gasteiger partial charge in [0, 0.05) is 0 Å². The van der Waals surface area contributed by atoms with Gasteiger partial charge >= 0.3 is 0 Å². The lowest BCUT2D eigenvalue weighted by molar-refractivity contribution is -0.925. The summed E-state index contributed by atoms with van der Waals surface area (Å²) in [4.78, 5) is 0. The van der Waals surface area contributed by atoms with Crippen molar-refractivity contribution in [2.45, 2.75) is 78.2 Å². The van der Waals surface area contributed by atoms with Crippen LogP contribution in [0.3, 0.4) is 0 Å². The van der Waals surface area contributed by atoms with Gasteiger partial charge in [-0.2, -0.15) is 0 Å². The molecule has 0 radical (unpaired) electrons. The highest BCUT2D eigenvalue weighted by atomic mass is 35.5. The summed E-state index contributed by atoms with van der Waals surface area (Å²) in [5, 5.41) is 0. The molecule has 0 spiro atoms. The Morgan fingerprint density at radius 1 is 0.850 bits per heavy atom. The number of nitrogens with zero attached hydrogens (tertiary/aromatic N) is 1. The first-order valence-electron chi connectivity index (χ1n) is 8.73. The van der Waals surface area contributed by atoms with Gasteiger partial charge in [-0.1, -0.05) is 45.4 Å². The number of epoxide rings is 1. The van der Waals surface area contributed by atoms with E-state index in [0.29, 0.717) is 6.10 Å². The van der Waals surface area contributed by atoms with Crippen LogP contribution in [0.2, 0.25) is 0 Å². The maximum absolute atomic E-state index is 5.43. The minimum Gasteiger partial charge on any atom is -1.00 e. The second-order valence-electron chi connectivity index (χ2n) is 6.31. The molecule has 1 fully saturated rings. The molecule has 3 heteroatoms. The van der Waals surface area contributed by atoms with Gasteiger partial charge in [-0.15, -0.1) is 0 Å². The highest BCUT2D eigenvalue weighted by Gasteiger charge is 2.34. The number of ether oxygens (including phenoxy) is 1. The molecule has 0 aromatic heterocycles. The average molecular weight is 306 g/mol. The van der Waals surface area contributed by atoms with Crippen molar-refractivity contribution in [1.29, 1.82) is 0 Å². The first kappa shape index (κ1) is 20.2. The van der Waals surface area contributed by atoms with Crippen molar-refractivity contribution in [3.05, 3.63) is 0 Å². The summed E-state index contributed by atoms with van der Waals surface area (Å²) in [5.74, 6) is 0. The van der Waals surface area contributed by atoms with Crippen LogP contribution in [0.15, 0.2) is 0 Å². The van der Waals surface area contributed by atoms with Gasteiger partial charge in [0.25, 0.3) is 0 Å². The van der Waals surface area contributed by atoms with Crippen molar-refractivity contribution in [3.63, 3.8) is 0 Å². The monoisotopic (exact) mass is 305 g/mol. The Morgan fingerprint density at radius 3 is 1.80 bits per heavy atom. The summed E-state index contributed by atoms with van der Waals surface area (Å²) in [5.41, 5.74) is 0. The van der Waals surface area contributed by atoms with Gasteiger partial charge in [-0.25, -0.2) is 0 Å². The lowest BCUT2D eigenvalue weighted by Gasteiger charge is -2.36. The third-order valence-electron chi connectivity index (χ3n) is 4.82. The van der Waals surface area contributed by atoms with Crippen molar-refractivity contribution in [2.24, 2.45) is 0 Å². The smallest absolute Gasteiger partial charge is 0.130 e. The minimum atomic E-state index is 0. The molecule has 20 heavy (non-hydrogen) atoms. The molecule has 0 bridgehead atoms. The van der Waals surface area contributed by atoms with Crippen LogP contribution in [0, 0.1) is 0 Å². The second kappa shape index (κ2) is 11.8. The van der Waals surface area contributed by atoms with E-state index in [4.69, 9.17) is 4.74 Å². The van der Waals surface area contributed by atoms with Crippen LogP contribution in [0.5, 0.6) is 0 Å². The topological polar surface area (TPSA) is 12.5 Å². The van der Waals surface area contributed by atoms with Crippen molar-refractivity contribution in [3.8, 4) is 0 Å². The predicted octanol–water partition coefficient (Wildman–Crippen LogP) is 1.39. The SMILES string of the molecule is CCCCCCCCCC[N+](CC)(CC)CC1CO1.[Cl-]. The van der Waals surface area contributed by atoms with Gasteiger partial charge in [-0.05, 0) is 26.7 Å². The summed E-state index contributed by atoms with van der Waals surface area (Å²) in [6.07, 6.45) is 12.0. The Labute approximate surface area is 133 Å². The number of rotatable bonds is 13. The fourth-order valence-electron chi connectivity index (χ4n) is 3.08. The number of hydrogen-bond acceptors (Lipinski definition) is 1. The molecule has 0 aromatic rings. The number of quaternary nitrogens is 1. The van der Waals surface area contributed by atoms with E-state index in [-0.39, 0.29) is 12.4 Å². The highest BCUT2D eigenvalue weighted by molar-refractivity contribution is 4.68. The fourth-order valence-corrected chi connectivity index (χ4v) is 3.08. The van der Waals surface area contributed by atoms with Gasteiger partial charge in [-0.3, -0.25) is 0 Å².